The molecule has 0 heterocycles. The Morgan fingerprint density at radius 1 is 0.360 bits per heavy atom. The van der Waals surface area contributed by atoms with Crippen molar-refractivity contribution in [1.82, 2.24) is 0 Å². The van der Waals surface area contributed by atoms with E-state index in [0.29, 0.717) is 0 Å². The first-order chi connectivity index (χ1) is 10.4. The molecule has 0 saturated heterocycles. The van der Waals surface area contributed by atoms with Gasteiger partial charge in [-0.3, -0.25) is 0 Å². The molecule has 0 radical (unpaired) electrons. The van der Waals surface area contributed by atoms with Gasteiger partial charge in [-0.1, -0.05) is 0 Å². The first-order valence-corrected chi connectivity index (χ1v) is 4.84. The summed E-state index contributed by atoms with van der Waals surface area (Å²) in [6.45, 7) is 0. The number of hydrogen-bond donors (Lipinski definition) is 0. The molecule has 0 unspecified atom stereocenters. The Kier molecular flexibility index (Phi) is 5.63. The largest absolute Gasteiger partial charge is 0.495 e. The van der Waals surface area contributed by atoms with E-state index in [2.05, 4.69) is 0 Å². The molecule has 0 atom stereocenters. The van der Waals surface area contributed by atoms with Crippen LogP contribution in [0.25, 0.3) is 0 Å². The van der Waals surface area contributed by atoms with Crippen molar-refractivity contribution < 1.29 is 79.7 Å². The van der Waals surface area contributed by atoms with Crippen molar-refractivity contribution in [3.8, 4) is 0 Å². The van der Waals surface area contributed by atoms with Gasteiger partial charge in [0.15, 0.2) is 0 Å². The summed E-state index contributed by atoms with van der Waals surface area (Å²) in [6, 6.07) is 0. The maximum absolute atomic E-state index is 12.4. The molecule has 0 saturated carbocycles. The molecule has 152 valence electrons. The van der Waals surface area contributed by atoms with Crippen LogP contribution in [0, 0.1) is 0 Å². The number of alkyl halides is 16. The Morgan fingerprint density at radius 3 is 0.720 bits per heavy atom. The highest BCUT2D eigenvalue weighted by Gasteiger charge is 2.80. The van der Waals surface area contributed by atoms with Gasteiger partial charge < -0.3 is 0 Å². The van der Waals surface area contributed by atoms with Gasteiger partial charge in [-0.25, -0.2) is 9.47 Å². The Balaban J connectivity index is 5.62. The van der Waals surface area contributed by atoms with Gasteiger partial charge in [0.25, 0.3) is 0 Å². The average molecular weight is 420 g/mol. The third kappa shape index (κ3) is 4.50. The molecule has 0 aromatic carbocycles. The highest BCUT2D eigenvalue weighted by atomic mass is 19.4. The SMILES string of the molecule is FC(F)(OC(F)(F)C(F)(F)C(F)(F)F)OC(F)(F)C(F)(F)C(F)(F)F. The fourth-order valence-corrected chi connectivity index (χ4v) is 0.777. The van der Waals surface area contributed by atoms with E-state index < -0.39 is 42.7 Å². The van der Waals surface area contributed by atoms with Crippen molar-refractivity contribution in [1.29, 1.82) is 0 Å². The van der Waals surface area contributed by atoms with Crippen molar-refractivity contribution in [3.05, 3.63) is 0 Å². The lowest BCUT2D eigenvalue weighted by molar-refractivity contribution is -0.567. The van der Waals surface area contributed by atoms with Crippen molar-refractivity contribution >= 4 is 0 Å². The van der Waals surface area contributed by atoms with E-state index in [1.165, 1.54) is 9.47 Å². The van der Waals surface area contributed by atoms with Crippen LogP contribution >= 0.6 is 0 Å². The van der Waals surface area contributed by atoms with E-state index >= 15 is 0 Å². The second kappa shape index (κ2) is 5.92. The van der Waals surface area contributed by atoms with E-state index in [4.69, 9.17) is 0 Å². The summed E-state index contributed by atoms with van der Waals surface area (Å²) in [5.74, 6) is -15.0. The Morgan fingerprint density at radius 2 is 0.560 bits per heavy atom. The van der Waals surface area contributed by atoms with E-state index in [1.54, 1.807) is 0 Å². The molecule has 0 aromatic heterocycles. The molecule has 0 fully saturated rings. The van der Waals surface area contributed by atoms with Gasteiger partial charge >= 0.3 is 42.7 Å². The second-order valence-electron chi connectivity index (χ2n) is 3.85. The number of halogens is 16. The summed E-state index contributed by atoms with van der Waals surface area (Å²) >= 11 is 0. The van der Waals surface area contributed by atoms with Crippen LogP contribution in [0.15, 0.2) is 0 Å². The summed E-state index contributed by atoms with van der Waals surface area (Å²) < 4.78 is 195. The predicted molar refractivity (Wildman–Crippen MR) is 39.0 cm³/mol. The third-order valence-electron chi connectivity index (χ3n) is 1.94. The number of ether oxygens (including phenoxy) is 2. The minimum absolute atomic E-state index is 1.32. The molecular weight excluding hydrogens is 420 g/mol. The zero-order chi connectivity index (χ0) is 20.9. The van der Waals surface area contributed by atoms with Crippen LogP contribution in [-0.4, -0.2) is 42.7 Å². The molecular formula is C7F16O2. The average Bonchev–Trinajstić information content (AvgIpc) is 2.21. The summed E-state index contributed by atoms with van der Waals surface area (Å²) in [5.41, 5.74) is 0. The Bertz CT molecular complexity index is 430. The third-order valence-corrected chi connectivity index (χ3v) is 1.94. The van der Waals surface area contributed by atoms with Crippen LogP contribution in [0.4, 0.5) is 70.2 Å². The van der Waals surface area contributed by atoms with Crippen LogP contribution < -0.4 is 0 Å². The Labute approximate surface area is 124 Å². The zero-order valence-corrected chi connectivity index (χ0v) is 10.4. The Hall–Kier alpha value is -1.20. The smallest absolute Gasteiger partial charge is 0.224 e. The highest BCUT2D eigenvalue weighted by molar-refractivity contribution is 4.87. The van der Waals surface area contributed by atoms with Gasteiger partial charge in [-0.2, -0.15) is 61.5 Å². The minimum Gasteiger partial charge on any atom is -0.224 e. The van der Waals surface area contributed by atoms with Crippen molar-refractivity contribution in [2.45, 2.75) is 42.7 Å². The van der Waals surface area contributed by atoms with Crippen molar-refractivity contribution in [2.24, 2.45) is 0 Å². The molecule has 0 aliphatic heterocycles. The van der Waals surface area contributed by atoms with Gasteiger partial charge in [0, 0.05) is 0 Å². The number of rotatable bonds is 6. The maximum Gasteiger partial charge on any atom is 0.495 e. The van der Waals surface area contributed by atoms with Crippen molar-refractivity contribution in [2.75, 3.05) is 0 Å². The van der Waals surface area contributed by atoms with Gasteiger partial charge in [-0.05, 0) is 0 Å². The van der Waals surface area contributed by atoms with Crippen LogP contribution in [0.3, 0.4) is 0 Å². The standard InChI is InChI=1S/C7F16O2/c8-1(9,3(12,13)14)5(18,19)24-7(22,23)25-6(20,21)2(10,11)4(15,16)17. The molecule has 18 heteroatoms. The molecule has 25 heavy (non-hydrogen) atoms. The molecule has 0 spiro atoms. The second-order valence-corrected chi connectivity index (χ2v) is 3.85. The summed E-state index contributed by atoms with van der Waals surface area (Å²) in [5, 5.41) is 0. The lowest BCUT2D eigenvalue weighted by atomic mass is 10.3. The summed E-state index contributed by atoms with van der Waals surface area (Å²) in [6.07, 6.45) is -36.6. The normalized spacial score (nSPS) is 16.3. The topological polar surface area (TPSA) is 18.5 Å². The zero-order valence-electron chi connectivity index (χ0n) is 10.4. The maximum atomic E-state index is 12.4. The summed E-state index contributed by atoms with van der Waals surface area (Å²) in [7, 11) is 0. The van der Waals surface area contributed by atoms with Crippen molar-refractivity contribution in [3.63, 3.8) is 0 Å². The van der Waals surface area contributed by atoms with E-state index in [0.717, 1.165) is 0 Å². The van der Waals surface area contributed by atoms with Gasteiger partial charge in [-0.15, -0.1) is 8.78 Å². The molecule has 0 amide bonds. The van der Waals surface area contributed by atoms with Crippen LogP contribution in [0.1, 0.15) is 0 Å². The number of hydrogen-bond acceptors (Lipinski definition) is 2. The summed E-state index contributed by atoms with van der Waals surface area (Å²) in [4.78, 5) is 0. The minimum atomic E-state index is -7.49. The van der Waals surface area contributed by atoms with E-state index in [9.17, 15) is 70.2 Å². The quantitative estimate of drug-likeness (QED) is 0.437. The van der Waals surface area contributed by atoms with Crippen LogP contribution in [-0.2, 0) is 9.47 Å². The first-order valence-electron chi connectivity index (χ1n) is 4.84. The van der Waals surface area contributed by atoms with Gasteiger partial charge in [0.2, 0.25) is 0 Å². The monoisotopic (exact) mass is 420 g/mol. The van der Waals surface area contributed by atoms with Gasteiger partial charge in [0.05, 0.1) is 0 Å². The fourth-order valence-electron chi connectivity index (χ4n) is 0.777. The fraction of sp³-hybridized carbons (Fsp3) is 1.00. The lowest BCUT2D eigenvalue weighted by Gasteiger charge is -2.33. The molecule has 2 nitrogen and oxygen atoms in total. The molecule has 0 rings (SSSR count). The van der Waals surface area contributed by atoms with Gasteiger partial charge in [0.1, 0.15) is 0 Å². The first kappa shape index (κ1) is 23.8. The van der Waals surface area contributed by atoms with Crippen LogP contribution in [0.5, 0.6) is 0 Å². The van der Waals surface area contributed by atoms with Crippen LogP contribution in [0.2, 0.25) is 0 Å². The predicted octanol–water partition coefficient (Wildman–Crippen LogP) is 5.15. The molecule has 0 aliphatic rings. The lowest BCUT2D eigenvalue weighted by Crippen LogP contribution is -2.59. The van der Waals surface area contributed by atoms with E-state index in [-0.39, 0.29) is 0 Å². The molecule has 0 bridgehead atoms. The molecule has 0 N–H and O–H groups in total. The van der Waals surface area contributed by atoms with E-state index in [1.807, 2.05) is 0 Å². The molecule has 0 aromatic rings. The highest BCUT2D eigenvalue weighted by Crippen LogP contribution is 2.52. The molecule has 0 aliphatic carbocycles.